The quantitative estimate of drug-likeness (QED) is 0.878. The lowest BCUT2D eigenvalue weighted by atomic mass is 9.98. The third kappa shape index (κ3) is 2.02. The Labute approximate surface area is 121 Å². The Morgan fingerprint density at radius 1 is 1.40 bits per heavy atom. The van der Waals surface area contributed by atoms with E-state index >= 15 is 0 Å². The van der Waals surface area contributed by atoms with Gasteiger partial charge in [0.15, 0.2) is 0 Å². The molecule has 2 heterocycles. The molecule has 5 heteroatoms. The fourth-order valence-corrected chi connectivity index (χ4v) is 2.62. The molecule has 102 valence electrons. The first-order valence-corrected chi connectivity index (χ1v) is 6.69. The molecule has 0 spiro atoms. The number of hydrogen-bond donors (Lipinski definition) is 1. The number of halogens is 1. The minimum absolute atomic E-state index is 0.0178. The molecule has 1 aliphatic heterocycles. The molecule has 0 saturated carbocycles. The van der Waals surface area contributed by atoms with Crippen LogP contribution in [-0.4, -0.2) is 22.5 Å². The Hall–Kier alpha value is -2.07. The second-order valence-electron chi connectivity index (χ2n) is 4.83. The molecular weight excluding hydrogens is 276 g/mol. The van der Waals surface area contributed by atoms with Crippen molar-refractivity contribution in [2.75, 3.05) is 11.4 Å². The van der Waals surface area contributed by atoms with E-state index in [0.717, 1.165) is 16.8 Å². The van der Waals surface area contributed by atoms with Gasteiger partial charge in [0, 0.05) is 18.3 Å². The van der Waals surface area contributed by atoms with Gasteiger partial charge >= 0.3 is 0 Å². The average molecular weight is 289 g/mol. The van der Waals surface area contributed by atoms with Gasteiger partial charge in [0.25, 0.3) is 5.91 Å². The molecular formula is C15H13ClN2O2. The van der Waals surface area contributed by atoms with E-state index in [1.54, 1.807) is 23.4 Å². The number of anilines is 1. The van der Waals surface area contributed by atoms with Crippen LogP contribution in [0.1, 0.15) is 21.5 Å². The number of hydrogen-bond acceptors (Lipinski definition) is 3. The Kier molecular flexibility index (Phi) is 3.10. The number of fused-ring (bicyclic) bond motifs is 1. The Morgan fingerprint density at radius 3 is 2.95 bits per heavy atom. The number of amides is 1. The monoisotopic (exact) mass is 288 g/mol. The SMILES string of the molecule is Cc1ccncc1N1CCc2cc(O)c(Cl)cc2C1=O. The number of aromatic nitrogens is 1. The molecule has 0 atom stereocenters. The summed E-state index contributed by atoms with van der Waals surface area (Å²) in [6, 6.07) is 4.98. The topological polar surface area (TPSA) is 53.4 Å². The number of benzene rings is 1. The molecule has 1 N–H and O–H groups in total. The summed E-state index contributed by atoms with van der Waals surface area (Å²) in [4.78, 5) is 18.4. The molecule has 0 saturated heterocycles. The highest BCUT2D eigenvalue weighted by Crippen LogP contribution is 2.32. The number of aromatic hydroxyl groups is 1. The number of pyridine rings is 1. The number of aryl methyl sites for hydroxylation is 1. The van der Waals surface area contributed by atoms with Crippen molar-refractivity contribution in [1.82, 2.24) is 4.98 Å². The van der Waals surface area contributed by atoms with Gasteiger partial charge in [0.1, 0.15) is 5.75 Å². The van der Waals surface area contributed by atoms with Crippen LogP contribution in [0.3, 0.4) is 0 Å². The number of carbonyl (C=O) groups excluding carboxylic acids is 1. The molecule has 0 bridgehead atoms. The lowest BCUT2D eigenvalue weighted by Crippen LogP contribution is -2.38. The van der Waals surface area contributed by atoms with Gasteiger partial charge in [-0.1, -0.05) is 11.6 Å². The van der Waals surface area contributed by atoms with E-state index in [9.17, 15) is 9.90 Å². The molecule has 2 aromatic rings. The summed E-state index contributed by atoms with van der Waals surface area (Å²) in [5.41, 5.74) is 3.19. The summed E-state index contributed by atoms with van der Waals surface area (Å²) in [5, 5.41) is 9.82. The van der Waals surface area contributed by atoms with Crippen molar-refractivity contribution in [1.29, 1.82) is 0 Å². The van der Waals surface area contributed by atoms with Gasteiger partial charge in [-0.15, -0.1) is 0 Å². The summed E-state index contributed by atoms with van der Waals surface area (Å²) in [6.07, 6.45) is 4.08. The Bertz CT molecular complexity index is 700. The first-order chi connectivity index (χ1) is 9.58. The maximum absolute atomic E-state index is 12.6. The van der Waals surface area contributed by atoms with Crippen LogP contribution >= 0.6 is 11.6 Å². The first-order valence-electron chi connectivity index (χ1n) is 6.32. The molecule has 20 heavy (non-hydrogen) atoms. The normalized spacial score (nSPS) is 14.3. The van der Waals surface area contributed by atoms with Crippen molar-refractivity contribution in [3.63, 3.8) is 0 Å². The summed E-state index contributed by atoms with van der Waals surface area (Å²) in [5.74, 6) is -0.0894. The zero-order valence-electron chi connectivity index (χ0n) is 10.9. The van der Waals surface area contributed by atoms with E-state index < -0.39 is 0 Å². The standard InChI is InChI=1S/C15H13ClN2O2/c1-9-2-4-17-8-13(9)18-5-3-10-6-14(19)12(16)7-11(10)15(18)20/h2,4,6-8,19H,3,5H2,1H3. The third-order valence-corrected chi connectivity index (χ3v) is 3.86. The van der Waals surface area contributed by atoms with Gasteiger partial charge in [-0.3, -0.25) is 9.78 Å². The van der Waals surface area contributed by atoms with Crippen molar-refractivity contribution in [2.24, 2.45) is 0 Å². The van der Waals surface area contributed by atoms with Crippen LogP contribution in [0.25, 0.3) is 0 Å². The van der Waals surface area contributed by atoms with Gasteiger partial charge in [-0.2, -0.15) is 0 Å². The molecule has 0 radical (unpaired) electrons. The van der Waals surface area contributed by atoms with E-state index in [1.807, 2.05) is 13.0 Å². The highest BCUT2D eigenvalue weighted by molar-refractivity contribution is 6.32. The van der Waals surface area contributed by atoms with E-state index in [2.05, 4.69) is 4.98 Å². The summed E-state index contributed by atoms with van der Waals surface area (Å²) in [6.45, 7) is 2.52. The highest BCUT2D eigenvalue weighted by Gasteiger charge is 2.27. The van der Waals surface area contributed by atoms with Crippen molar-refractivity contribution < 1.29 is 9.90 Å². The van der Waals surface area contributed by atoms with Gasteiger partial charge in [0.2, 0.25) is 0 Å². The first kappa shape index (κ1) is 12.9. The summed E-state index contributed by atoms with van der Waals surface area (Å²) in [7, 11) is 0. The van der Waals surface area contributed by atoms with Crippen LogP contribution in [0.4, 0.5) is 5.69 Å². The number of phenolic OH excluding ortho intramolecular Hbond substituents is 1. The second kappa shape index (κ2) is 4.80. The molecule has 0 fully saturated rings. The Balaban J connectivity index is 2.05. The van der Waals surface area contributed by atoms with Crippen LogP contribution < -0.4 is 4.90 Å². The minimum atomic E-state index is -0.107. The van der Waals surface area contributed by atoms with E-state index in [0.29, 0.717) is 18.5 Å². The predicted molar refractivity (Wildman–Crippen MR) is 77.5 cm³/mol. The number of nitrogens with zero attached hydrogens (tertiary/aromatic N) is 2. The molecule has 4 nitrogen and oxygen atoms in total. The molecule has 3 rings (SSSR count). The molecule has 1 aromatic carbocycles. The van der Waals surface area contributed by atoms with Crippen LogP contribution in [0.5, 0.6) is 5.75 Å². The minimum Gasteiger partial charge on any atom is -0.506 e. The maximum Gasteiger partial charge on any atom is 0.258 e. The number of phenols is 1. The van der Waals surface area contributed by atoms with Crippen molar-refractivity contribution in [3.05, 3.63) is 52.3 Å². The fraction of sp³-hybridized carbons (Fsp3) is 0.200. The van der Waals surface area contributed by atoms with Gasteiger partial charge in [0.05, 0.1) is 16.9 Å². The molecule has 0 aliphatic carbocycles. The van der Waals surface area contributed by atoms with Crippen LogP contribution in [0.15, 0.2) is 30.6 Å². The van der Waals surface area contributed by atoms with E-state index in [4.69, 9.17) is 11.6 Å². The number of carbonyl (C=O) groups is 1. The van der Waals surface area contributed by atoms with E-state index in [-0.39, 0.29) is 16.7 Å². The van der Waals surface area contributed by atoms with Crippen LogP contribution in [0.2, 0.25) is 5.02 Å². The van der Waals surface area contributed by atoms with Crippen LogP contribution in [0, 0.1) is 6.92 Å². The zero-order valence-corrected chi connectivity index (χ0v) is 11.7. The van der Waals surface area contributed by atoms with Gasteiger partial charge < -0.3 is 10.0 Å². The molecule has 1 aliphatic rings. The third-order valence-electron chi connectivity index (χ3n) is 3.56. The smallest absolute Gasteiger partial charge is 0.258 e. The van der Waals surface area contributed by atoms with Gasteiger partial charge in [-0.05, 0) is 42.7 Å². The van der Waals surface area contributed by atoms with Crippen LogP contribution in [-0.2, 0) is 6.42 Å². The summed E-state index contributed by atoms with van der Waals surface area (Å²) < 4.78 is 0. The van der Waals surface area contributed by atoms with Crippen molar-refractivity contribution >= 4 is 23.2 Å². The Morgan fingerprint density at radius 2 is 2.20 bits per heavy atom. The maximum atomic E-state index is 12.6. The van der Waals surface area contributed by atoms with Gasteiger partial charge in [-0.25, -0.2) is 0 Å². The zero-order chi connectivity index (χ0) is 14.3. The largest absolute Gasteiger partial charge is 0.506 e. The lowest BCUT2D eigenvalue weighted by molar-refractivity contribution is 0.0980. The molecule has 0 unspecified atom stereocenters. The highest BCUT2D eigenvalue weighted by atomic mass is 35.5. The predicted octanol–water partition coefficient (Wildman–Crippen LogP) is 2.95. The van der Waals surface area contributed by atoms with Crippen molar-refractivity contribution in [3.8, 4) is 5.75 Å². The summed E-state index contributed by atoms with van der Waals surface area (Å²) >= 11 is 5.90. The second-order valence-corrected chi connectivity index (χ2v) is 5.24. The molecule has 1 amide bonds. The average Bonchev–Trinajstić information content (AvgIpc) is 2.43. The number of rotatable bonds is 1. The van der Waals surface area contributed by atoms with Crippen molar-refractivity contribution in [2.45, 2.75) is 13.3 Å². The van der Waals surface area contributed by atoms with E-state index in [1.165, 1.54) is 6.07 Å². The lowest BCUT2D eigenvalue weighted by Gasteiger charge is -2.29. The molecule has 1 aromatic heterocycles. The fourth-order valence-electron chi connectivity index (χ4n) is 2.46.